The van der Waals surface area contributed by atoms with Crippen molar-refractivity contribution in [1.29, 1.82) is 0 Å². The van der Waals surface area contributed by atoms with E-state index in [9.17, 15) is 5.11 Å². The average molecular weight is 264 g/mol. The van der Waals surface area contributed by atoms with Crippen molar-refractivity contribution in [2.24, 2.45) is 0 Å². The number of aliphatic hydroxyl groups is 1. The minimum absolute atomic E-state index is 0.281. The molecule has 5 heteroatoms. The average Bonchev–Trinajstić information content (AvgIpc) is 3.20. The van der Waals surface area contributed by atoms with Crippen molar-refractivity contribution in [1.82, 2.24) is 9.97 Å². The fraction of sp³-hybridized carbons (Fsp3) is 0.714. The third-order valence-corrected chi connectivity index (χ3v) is 3.56. The first-order valence-electron chi connectivity index (χ1n) is 6.98. The minimum atomic E-state index is -0.281. The molecule has 2 rings (SSSR count). The molecule has 1 saturated carbocycles. The summed E-state index contributed by atoms with van der Waals surface area (Å²) >= 11 is 0. The van der Waals surface area contributed by atoms with E-state index in [-0.39, 0.29) is 6.10 Å². The van der Waals surface area contributed by atoms with Crippen LogP contribution < -0.4 is 10.2 Å². The van der Waals surface area contributed by atoms with E-state index in [1.54, 1.807) is 0 Å². The van der Waals surface area contributed by atoms with E-state index < -0.39 is 0 Å². The molecule has 1 fully saturated rings. The third-order valence-electron chi connectivity index (χ3n) is 3.56. The SMILES string of the molecule is CNc1nc(C2CC2)nc(N(C)CCC(C)O)c1C. The van der Waals surface area contributed by atoms with Crippen molar-refractivity contribution >= 4 is 11.6 Å². The van der Waals surface area contributed by atoms with Gasteiger partial charge in [-0.05, 0) is 33.1 Å². The molecule has 1 heterocycles. The van der Waals surface area contributed by atoms with E-state index in [0.717, 1.165) is 36.0 Å². The Hall–Kier alpha value is -1.36. The Balaban J connectivity index is 2.24. The summed E-state index contributed by atoms with van der Waals surface area (Å²) in [6.45, 7) is 4.65. The maximum absolute atomic E-state index is 9.40. The van der Waals surface area contributed by atoms with Crippen LogP contribution in [-0.2, 0) is 0 Å². The maximum Gasteiger partial charge on any atom is 0.137 e. The number of nitrogens with zero attached hydrogens (tertiary/aromatic N) is 3. The number of aromatic nitrogens is 2. The third kappa shape index (κ3) is 3.35. The highest BCUT2D eigenvalue weighted by molar-refractivity contribution is 5.58. The molecule has 0 bridgehead atoms. The van der Waals surface area contributed by atoms with Gasteiger partial charge in [0.05, 0.1) is 6.10 Å². The Morgan fingerprint density at radius 2 is 2.11 bits per heavy atom. The lowest BCUT2D eigenvalue weighted by molar-refractivity contribution is 0.187. The first-order chi connectivity index (χ1) is 9.02. The molecule has 1 atom stereocenters. The normalized spacial score (nSPS) is 16.3. The molecule has 1 aromatic heterocycles. The summed E-state index contributed by atoms with van der Waals surface area (Å²) in [5.74, 6) is 3.38. The predicted molar refractivity (Wildman–Crippen MR) is 77.9 cm³/mol. The predicted octanol–water partition coefficient (Wildman–Crippen LogP) is 1.91. The molecular formula is C14H24N4O. The first kappa shape index (κ1) is 14.1. The second-order valence-corrected chi connectivity index (χ2v) is 5.46. The molecule has 1 aliphatic carbocycles. The summed E-state index contributed by atoms with van der Waals surface area (Å²) in [5, 5.41) is 12.6. The highest BCUT2D eigenvalue weighted by Crippen LogP contribution is 2.39. The van der Waals surface area contributed by atoms with Gasteiger partial charge in [-0.2, -0.15) is 0 Å². The van der Waals surface area contributed by atoms with Crippen molar-refractivity contribution in [3.63, 3.8) is 0 Å². The van der Waals surface area contributed by atoms with Gasteiger partial charge in [-0.25, -0.2) is 9.97 Å². The lowest BCUT2D eigenvalue weighted by Crippen LogP contribution is -2.24. The van der Waals surface area contributed by atoms with Gasteiger partial charge in [-0.1, -0.05) is 0 Å². The van der Waals surface area contributed by atoms with Crippen LogP contribution in [0.2, 0.25) is 0 Å². The zero-order chi connectivity index (χ0) is 14.0. The number of rotatable bonds is 6. The Bertz CT molecular complexity index is 443. The van der Waals surface area contributed by atoms with Crippen LogP contribution in [0.5, 0.6) is 0 Å². The van der Waals surface area contributed by atoms with Gasteiger partial charge < -0.3 is 15.3 Å². The molecule has 0 amide bonds. The molecule has 19 heavy (non-hydrogen) atoms. The van der Waals surface area contributed by atoms with Crippen LogP contribution in [0.4, 0.5) is 11.6 Å². The van der Waals surface area contributed by atoms with E-state index in [0.29, 0.717) is 5.92 Å². The monoisotopic (exact) mass is 264 g/mol. The number of aliphatic hydroxyl groups excluding tert-OH is 1. The Morgan fingerprint density at radius 1 is 1.42 bits per heavy atom. The number of anilines is 2. The smallest absolute Gasteiger partial charge is 0.137 e. The molecule has 0 spiro atoms. The van der Waals surface area contributed by atoms with Gasteiger partial charge in [0.1, 0.15) is 17.5 Å². The summed E-state index contributed by atoms with van der Waals surface area (Å²) in [7, 11) is 3.92. The molecule has 0 aliphatic heterocycles. The van der Waals surface area contributed by atoms with Gasteiger partial charge in [0, 0.05) is 32.1 Å². The maximum atomic E-state index is 9.40. The molecule has 0 saturated heterocycles. The van der Waals surface area contributed by atoms with Crippen LogP contribution in [0.15, 0.2) is 0 Å². The van der Waals surface area contributed by atoms with E-state index >= 15 is 0 Å². The van der Waals surface area contributed by atoms with Gasteiger partial charge >= 0.3 is 0 Å². The van der Waals surface area contributed by atoms with Crippen molar-refractivity contribution in [3.05, 3.63) is 11.4 Å². The Kier molecular flexibility index (Phi) is 4.24. The van der Waals surface area contributed by atoms with E-state index in [1.807, 2.05) is 27.9 Å². The summed E-state index contributed by atoms with van der Waals surface area (Å²) in [6.07, 6.45) is 2.86. The molecule has 1 aliphatic rings. The van der Waals surface area contributed by atoms with Crippen LogP contribution in [0.3, 0.4) is 0 Å². The standard InChI is InChI=1S/C14H24N4O/c1-9(19)7-8-18(4)14-10(2)12(15-3)16-13(17-14)11-5-6-11/h9,11,19H,5-8H2,1-4H3,(H,15,16,17). The van der Waals surface area contributed by atoms with Crippen LogP contribution in [-0.4, -0.2) is 41.8 Å². The number of hydrogen-bond acceptors (Lipinski definition) is 5. The first-order valence-corrected chi connectivity index (χ1v) is 6.98. The van der Waals surface area contributed by atoms with E-state index in [1.165, 1.54) is 12.8 Å². The molecular weight excluding hydrogens is 240 g/mol. The van der Waals surface area contributed by atoms with Crippen LogP contribution in [0.25, 0.3) is 0 Å². The molecule has 106 valence electrons. The summed E-state index contributed by atoms with van der Waals surface area (Å²) in [4.78, 5) is 11.4. The molecule has 0 aromatic carbocycles. The summed E-state index contributed by atoms with van der Waals surface area (Å²) < 4.78 is 0. The van der Waals surface area contributed by atoms with E-state index in [4.69, 9.17) is 4.98 Å². The number of hydrogen-bond donors (Lipinski definition) is 2. The van der Waals surface area contributed by atoms with Crippen molar-refractivity contribution in [2.45, 2.75) is 45.1 Å². The second-order valence-electron chi connectivity index (χ2n) is 5.46. The zero-order valence-electron chi connectivity index (χ0n) is 12.3. The second kappa shape index (κ2) is 5.74. The Morgan fingerprint density at radius 3 is 2.63 bits per heavy atom. The molecule has 1 aromatic rings. The van der Waals surface area contributed by atoms with Gasteiger partial charge in [-0.15, -0.1) is 0 Å². The number of nitrogens with one attached hydrogen (secondary N) is 1. The van der Waals surface area contributed by atoms with Crippen molar-refractivity contribution < 1.29 is 5.11 Å². The highest BCUT2D eigenvalue weighted by Gasteiger charge is 2.28. The topological polar surface area (TPSA) is 61.3 Å². The van der Waals surface area contributed by atoms with Gasteiger partial charge in [-0.3, -0.25) is 0 Å². The summed E-state index contributed by atoms with van der Waals surface area (Å²) in [5.41, 5.74) is 1.07. The van der Waals surface area contributed by atoms with Crippen LogP contribution in [0, 0.1) is 6.92 Å². The molecule has 2 N–H and O–H groups in total. The van der Waals surface area contributed by atoms with Gasteiger partial charge in [0.25, 0.3) is 0 Å². The van der Waals surface area contributed by atoms with Gasteiger partial charge in [0.2, 0.25) is 0 Å². The van der Waals surface area contributed by atoms with Crippen molar-refractivity contribution in [3.8, 4) is 0 Å². The molecule has 5 nitrogen and oxygen atoms in total. The molecule has 1 unspecified atom stereocenters. The quantitative estimate of drug-likeness (QED) is 0.822. The highest BCUT2D eigenvalue weighted by atomic mass is 16.3. The zero-order valence-corrected chi connectivity index (χ0v) is 12.3. The van der Waals surface area contributed by atoms with E-state index in [2.05, 4.69) is 15.2 Å². The molecule has 0 radical (unpaired) electrons. The van der Waals surface area contributed by atoms with Crippen LogP contribution in [0.1, 0.15) is 43.5 Å². The minimum Gasteiger partial charge on any atom is -0.393 e. The van der Waals surface area contributed by atoms with Crippen molar-refractivity contribution in [2.75, 3.05) is 30.9 Å². The van der Waals surface area contributed by atoms with Gasteiger partial charge in [0.15, 0.2) is 0 Å². The lowest BCUT2D eigenvalue weighted by atomic mass is 10.2. The lowest BCUT2D eigenvalue weighted by Gasteiger charge is -2.22. The Labute approximate surface area is 115 Å². The fourth-order valence-electron chi connectivity index (χ4n) is 2.15. The summed E-state index contributed by atoms with van der Waals surface area (Å²) in [6, 6.07) is 0. The largest absolute Gasteiger partial charge is 0.393 e. The fourth-order valence-corrected chi connectivity index (χ4v) is 2.15. The van der Waals surface area contributed by atoms with Crippen LogP contribution >= 0.6 is 0 Å².